The second-order valence-corrected chi connectivity index (χ2v) is 10.6. The summed E-state index contributed by atoms with van der Waals surface area (Å²) in [6, 6.07) is 1.48. The van der Waals surface area contributed by atoms with Crippen LogP contribution in [-0.2, 0) is 16.6 Å². The lowest BCUT2D eigenvalue weighted by atomic mass is 9.77. The minimum atomic E-state index is -0.991. The van der Waals surface area contributed by atoms with Gasteiger partial charge >= 0.3 is 0 Å². The molecule has 42 heavy (non-hydrogen) atoms. The van der Waals surface area contributed by atoms with Crippen LogP contribution in [0.3, 0.4) is 0 Å². The van der Waals surface area contributed by atoms with E-state index in [1.165, 1.54) is 23.3 Å². The number of ether oxygens (including phenoxy) is 1. The van der Waals surface area contributed by atoms with E-state index in [0.717, 1.165) is 22.9 Å². The Hall–Kier alpha value is -4.79. The molecule has 14 nitrogen and oxygen atoms in total. The second-order valence-electron chi connectivity index (χ2n) is 10.6. The molecule has 1 amide bonds. The number of carbonyl (C=O) groups is 1. The summed E-state index contributed by atoms with van der Waals surface area (Å²) >= 11 is 0. The molecule has 15 heteroatoms. The van der Waals surface area contributed by atoms with Gasteiger partial charge in [-0.1, -0.05) is 0 Å². The Morgan fingerprint density at radius 1 is 1.17 bits per heavy atom. The molecule has 1 atom stereocenters. The van der Waals surface area contributed by atoms with E-state index in [1.807, 2.05) is 27.0 Å². The molecule has 1 aliphatic carbocycles. The molecule has 1 aliphatic rings. The number of rotatable bonds is 8. The molecule has 0 saturated heterocycles. The van der Waals surface area contributed by atoms with E-state index in [4.69, 9.17) is 14.7 Å². The summed E-state index contributed by atoms with van der Waals surface area (Å²) in [5, 5.41) is 22.6. The maximum absolute atomic E-state index is 13.5. The van der Waals surface area contributed by atoms with Crippen LogP contribution in [0.2, 0.25) is 0 Å². The Balaban J connectivity index is 1.15. The number of H-pyrrole nitrogens is 1. The zero-order valence-corrected chi connectivity index (χ0v) is 23.7. The lowest BCUT2D eigenvalue weighted by molar-refractivity contribution is -0.148. The van der Waals surface area contributed by atoms with Gasteiger partial charge in [0.1, 0.15) is 17.2 Å². The third kappa shape index (κ3) is 5.18. The number of hydrogen-bond donors (Lipinski definition) is 3. The van der Waals surface area contributed by atoms with Crippen molar-refractivity contribution in [2.24, 2.45) is 7.05 Å². The fourth-order valence-electron chi connectivity index (χ4n) is 5.29. The van der Waals surface area contributed by atoms with Crippen LogP contribution in [0.1, 0.15) is 61.8 Å². The first-order chi connectivity index (χ1) is 20.2. The Bertz CT molecular complexity index is 1720. The van der Waals surface area contributed by atoms with E-state index < -0.39 is 17.5 Å². The van der Waals surface area contributed by atoms with Gasteiger partial charge in [-0.3, -0.25) is 19.6 Å². The summed E-state index contributed by atoms with van der Waals surface area (Å²) in [5.41, 5.74) is 1.22. The average Bonchev–Trinajstić information content (AvgIpc) is 3.73. The van der Waals surface area contributed by atoms with Gasteiger partial charge in [0.25, 0.3) is 5.91 Å². The summed E-state index contributed by atoms with van der Waals surface area (Å²) in [6.07, 6.45) is 9.38. The van der Waals surface area contributed by atoms with Crippen molar-refractivity contribution in [3.05, 3.63) is 60.1 Å². The lowest BCUT2D eigenvalue weighted by Gasteiger charge is -2.38. The number of aryl methyl sites for hydroxylation is 2. The first kappa shape index (κ1) is 27.4. The van der Waals surface area contributed by atoms with Crippen molar-refractivity contribution in [2.75, 3.05) is 12.4 Å². The Morgan fingerprint density at radius 2 is 1.98 bits per heavy atom. The van der Waals surface area contributed by atoms with Crippen LogP contribution in [-0.4, -0.2) is 68.3 Å². The number of nitrogens with zero attached hydrogens (tertiary/aromatic N) is 9. The summed E-state index contributed by atoms with van der Waals surface area (Å²) in [5.74, 6) is 1.70. The van der Waals surface area contributed by atoms with Gasteiger partial charge < -0.3 is 15.4 Å². The number of fused-ring (bicyclic) bond motifs is 1. The van der Waals surface area contributed by atoms with E-state index >= 15 is 0 Å². The van der Waals surface area contributed by atoms with E-state index in [2.05, 4.69) is 41.0 Å². The fraction of sp³-hybridized carbons (Fsp3) is 0.407. The minimum Gasteiger partial charge on any atom is -0.368 e. The quantitative estimate of drug-likeness (QED) is 0.250. The van der Waals surface area contributed by atoms with Gasteiger partial charge in [-0.05, 0) is 39.5 Å². The SMILES string of the molecule is CO[C@]1(C(=O)N[C@@H](C)c2cnc(-n3cc(F)cn3)cn2)CC[C@@H](c2nc(Nc3cc(C)[nH]n3)c3cnn(C)c3n2)CC1. The molecular weight excluding hydrogens is 543 g/mol. The highest BCUT2D eigenvalue weighted by molar-refractivity contribution is 5.88. The van der Waals surface area contributed by atoms with Crippen LogP contribution in [0.15, 0.2) is 37.1 Å². The van der Waals surface area contributed by atoms with Crippen LogP contribution >= 0.6 is 0 Å². The predicted octanol–water partition coefficient (Wildman–Crippen LogP) is 3.17. The largest absolute Gasteiger partial charge is 0.368 e. The first-order valence-corrected chi connectivity index (χ1v) is 13.6. The van der Waals surface area contributed by atoms with Crippen molar-refractivity contribution in [3.8, 4) is 5.82 Å². The van der Waals surface area contributed by atoms with Crippen molar-refractivity contribution < 1.29 is 13.9 Å². The van der Waals surface area contributed by atoms with Crippen LogP contribution in [0.25, 0.3) is 16.9 Å². The van der Waals surface area contributed by atoms with Gasteiger partial charge in [-0.2, -0.15) is 15.3 Å². The van der Waals surface area contributed by atoms with E-state index in [1.54, 1.807) is 18.0 Å². The number of amides is 1. The standard InChI is InChI=1S/C27H31FN12O2/c1-15-9-21(38-37-15)34-24-19-11-31-39(3)25(19)36-23(35-24)17-5-7-27(42-4,8-6-17)26(41)33-16(2)20-12-30-22(13-29-20)40-14-18(28)10-32-40/h9-14,16-17H,5-8H2,1-4H3,(H,33,41)(H2,34,35,36,37,38)/t16-,17-,27-/m0/s1. The van der Waals surface area contributed by atoms with Crippen molar-refractivity contribution in [2.45, 2.75) is 57.1 Å². The smallest absolute Gasteiger partial charge is 0.252 e. The van der Waals surface area contributed by atoms with Crippen LogP contribution < -0.4 is 10.6 Å². The molecule has 0 radical (unpaired) electrons. The summed E-state index contributed by atoms with van der Waals surface area (Å²) in [6.45, 7) is 3.76. The zero-order chi connectivity index (χ0) is 29.4. The van der Waals surface area contributed by atoms with Crippen LogP contribution in [0.5, 0.6) is 0 Å². The highest BCUT2D eigenvalue weighted by Crippen LogP contribution is 2.40. The Kier molecular flexibility index (Phi) is 7.10. The molecule has 218 valence electrons. The lowest BCUT2D eigenvalue weighted by Crippen LogP contribution is -2.51. The first-order valence-electron chi connectivity index (χ1n) is 13.6. The third-order valence-electron chi connectivity index (χ3n) is 7.76. The zero-order valence-electron chi connectivity index (χ0n) is 23.7. The Labute approximate surface area is 240 Å². The minimum absolute atomic E-state index is 0.0322. The van der Waals surface area contributed by atoms with Crippen molar-refractivity contribution in [1.29, 1.82) is 0 Å². The monoisotopic (exact) mass is 574 g/mol. The van der Waals surface area contributed by atoms with Gasteiger partial charge in [0.05, 0.1) is 48.1 Å². The molecule has 3 N–H and O–H groups in total. The number of anilines is 2. The van der Waals surface area contributed by atoms with Crippen LogP contribution in [0, 0.1) is 12.7 Å². The molecule has 0 bridgehead atoms. The summed E-state index contributed by atoms with van der Waals surface area (Å²) in [7, 11) is 3.41. The van der Waals surface area contributed by atoms with Crippen molar-refractivity contribution in [1.82, 2.24) is 55.0 Å². The molecule has 5 aromatic heterocycles. The molecule has 5 aromatic rings. The maximum Gasteiger partial charge on any atom is 0.252 e. The van der Waals surface area contributed by atoms with Gasteiger partial charge in [-0.25, -0.2) is 24.0 Å². The van der Waals surface area contributed by atoms with Gasteiger partial charge in [-0.15, -0.1) is 0 Å². The molecule has 0 unspecified atom stereocenters. The molecule has 1 fully saturated rings. The summed E-state index contributed by atoms with van der Waals surface area (Å²) in [4.78, 5) is 31.9. The van der Waals surface area contributed by atoms with Gasteiger partial charge in [0, 0.05) is 31.8 Å². The van der Waals surface area contributed by atoms with Gasteiger partial charge in [0.15, 0.2) is 23.1 Å². The normalized spacial score (nSPS) is 19.6. The fourth-order valence-corrected chi connectivity index (χ4v) is 5.29. The number of carbonyl (C=O) groups excluding carboxylic acids is 1. The van der Waals surface area contributed by atoms with E-state index in [-0.39, 0.29) is 11.8 Å². The topological polar surface area (TPSA) is 166 Å². The van der Waals surface area contributed by atoms with E-state index in [9.17, 15) is 9.18 Å². The highest BCUT2D eigenvalue weighted by Gasteiger charge is 2.43. The molecule has 6 rings (SSSR count). The molecule has 0 aromatic carbocycles. The van der Waals surface area contributed by atoms with Crippen molar-refractivity contribution >= 4 is 28.6 Å². The molecule has 1 saturated carbocycles. The maximum atomic E-state index is 13.5. The van der Waals surface area contributed by atoms with Crippen LogP contribution in [0.4, 0.5) is 16.0 Å². The van der Waals surface area contributed by atoms with E-state index in [0.29, 0.717) is 54.7 Å². The predicted molar refractivity (Wildman–Crippen MR) is 150 cm³/mol. The van der Waals surface area contributed by atoms with Gasteiger partial charge in [0.2, 0.25) is 0 Å². The van der Waals surface area contributed by atoms with Crippen molar-refractivity contribution in [3.63, 3.8) is 0 Å². The summed E-state index contributed by atoms with van der Waals surface area (Å²) < 4.78 is 22.2. The number of halogens is 1. The molecule has 0 aliphatic heterocycles. The molecular formula is C27H31FN12O2. The highest BCUT2D eigenvalue weighted by atomic mass is 19.1. The number of aromatic nitrogens is 10. The molecule has 0 spiro atoms. The number of hydrogen-bond acceptors (Lipinski definition) is 10. The number of nitrogens with one attached hydrogen (secondary N) is 3. The molecule has 5 heterocycles. The number of aromatic amines is 1. The second kappa shape index (κ2) is 10.9. The third-order valence-corrected chi connectivity index (χ3v) is 7.76. The Morgan fingerprint density at radius 3 is 2.62 bits per heavy atom. The number of methoxy groups -OCH3 is 1. The average molecular weight is 575 g/mol.